The standard InChI is InChI=1S/C27H42FN7O2Si/c1-18(17-37-38(6,7)27(3,4)5)30-16-20-21(28)9-8-10-23(20)32-25-19(2)31-26-22(29)15-24(33-35(25)26)34-11-13-36-14-12-34/h8-10,15,18,30,32H,11-14,16-17,29H2,1-7H3. The molecule has 1 saturated heterocycles. The maximum atomic E-state index is 15.1. The summed E-state index contributed by atoms with van der Waals surface area (Å²) in [7, 11) is -1.86. The van der Waals surface area contributed by atoms with Crippen molar-refractivity contribution < 1.29 is 13.6 Å². The van der Waals surface area contributed by atoms with Crippen LogP contribution in [0.4, 0.5) is 27.4 Å². The summed E-state index contributed by atoms with van der Waals surface area (Å²) >= 11 is 0. The van der Waals surface area contributed by atoms with Crippen LogP contribution < -0.4 is 21.3 Å². The van der Waals surface area contributed by atoms with Gasteiger partial charge in [0.15, 0.2) is 25.6 Å². The number of rotatable bonds is 9. The third kappa shape index (κ3) is 6.11. The number of nitrogens with zero attached hydrogens (tertiary/aromatic N) is 4. The van der Waals surface area contributed by atoms with E-state index >= 15 is 4.39 Å². The van der Waals surface area contributed by atoms with Crippen molar-refractivity contribution in [1.82, 2.24) is 19.9 Å². The van der Waals surface area contributed by atoms with Gasteiger partial charge in [-0.05, 0) is 44.1 Å². The second-order valence-corrected chi connectivity index (χ2v) is 16.4. The number of aromatic nitrogens is 3. The molecule has 0 spiro atoms. The number of benzene rings is 1. The Hall–Kier alpha value is -2.73. The molecule has 4 rings (SSSR count). The van der Waals surface area contributed by atoms with E-state index < -0.39 is 8.32 Å². The lowest BCUT2D eigenvalue weighted by Gasteiger charge is -2.37. The number of aryl methyl sites for hydroxylation is 1. The molecule has 3 heterocycles. The van der Waals surface area contributed by atoms with Gasteiger partial charge in [0.2, 0.25) is 0 Å². The number of halogens is 1. The molecule has 1 unspecified atom stereocenters. The van der Waals surface area contributed by atoms with Crippen molar-refractivity contribution in [3.63, 3.8) is 0 Å². The molecule has 0 bridgehead atoms. The maximum absolute atomic E-state index is 15.1. The number of nitrogens with one attached hydrogen (secondary N) is 2. The average Bonchev–Trinajstić information content (AvgIpc) is 3.18. The van der Waals surface area contributed by atoms with Crippen LogP contribution >= 0.6 is 0 Å². The van der Waals surface area contributed by atoms with Crippen molar-refractivity contribution in [3.8, 4) is 0 Å². The minimum atomic E-state index is -1.86. The molecular formula is C27H42FN7O2Si. The summed E-state index contributed by atoms with van der Waals surface area (Å²) in [6.07, 6.45) is 0. The van der Waals surface area contributed by atoms with Crippen LogP contribution in [0.25, 0.3) is 5.65 Å². The number of fused-ring (bicyclic) bond motifs is 1. The molecule has 1 fully saturated rings. The maximum Gasteiger partial charge on any atom is 0.192 e. The molecule has 38 heavy (non-hydrogen) atoms. The van der Waals surface area contributed by atoms with Crippen molar-refractivity contribution in [2.75, 3.05) is 48.9 Å². The zero-order chi connectivity index (χ0) is 27.7. The van der Waals surface area contributed by atoms with Gasteiger partial charge in [0.1, 0.15) is 5.82 Å². The molecule has 0 saturated carbocycles. The molecule has 1 aliphatic rings. The summed E-state index contributed by atoms with van der Waals surface area (Å²) in [6, 6.07) is 6.95. The highest BCUT2D eigenvalue weighted by atomic mass is 28.4. The van der Waals surface area contributed by atoms with Crippen molar-refractivity contribution in [1.29, 1.82) is 0 Å². The van der Waals surface area contributed by atoms with Crippen LogP contribution in [0.2, 0.25) is 18.1 Å². The first-order chi connectivity index (χ1) is 17.9. The fourth-order valence-electron chi connectivity index (χ4n) is 4.10. The quantitative estimate of drug-likeness (QED) is 0.330. The summed E-state index contributed by atoms with van der Waals surface area (Å²) in [5.41, 5.74) is 9.39. The molecule has 0 amide bonds. The number of nitrogens with two attached hydrogens (primary N) is 1. The van der Waals surface area contributed by atoms with Gasteiger partial charge in [0.05, 0.1) is 24.6 Å². The van der Waals surface area contributed by atoms with Crippen LogP contribution in [-0.4, -0.2) is 61.9 Å². The summed E-state index contributed by atoms with van der Waals surface area (Å²) in [4.78, 5) is 6.78. The van der Waals surface area contributed by atoms with Crippen molar-refractivity contribution >= 4 is 37.0 Å². The zero-order valence-corrected chi connectivity index (χ0v) is 24.7. The van der Waals surface area contributed by atoms with Crippen LogP contribution in [-0.2, 0) is 15.7 Å². The van der Waals surface area contributed by atoms with E-state index in [0.717, 1.165) is 24.6 Å². The zero-order valence-electron chi connectivity index (χ0n) is 23.7. The minimum Gasteiger partial charge on any atom is -0.415 e. The SMILES string of the molecule is Cc1nc2c(N)cc(N3CCOCC3)nn2c1Nc1cccc(F)c1CNC(C)CO[Si](C)(C)C(C)(C)C. The van der Waals surface area contributed by atoms with Crippen molar-refractivity contribution in [2.24, 2.45) is 0 Å². The summed E-state index contributed by atoms with van der Waals surface area (Å²) < 4.78 is 28.6. The average molecular weight is 544 g/mol. The largest absolute Gasteiger partial charge is 0.415 e. The van der Waals surface area contributed by atoms with E-state index in [2.05, 4.69) is 61.3 Å². The fourth-order valence-corrected chi connectivity index (χ4v) is 5.20. The molecule has 0 aliphatic carbocycles. The third-order valence-corrected chi connectivity index (χ3v) is 12.1. The topological polar surface area (TPSA) is 102 Å². The van der Waals surface area contributed by atoms with Crippen molar-refractivity contribution in [2.45, 2.75) is 65.3 Å². The molecule has 11 heteroatoms. The second-order valence-electron chi connectivity index (χ2n) is 11.6. The van der Waals surface area contributed by atoms with Gasteiger partial charge in [-0.15, -0.1) is 5.10 Å². The molecule has 1 aliphatic heterocycles. The molecule has 2 aromatic heterocycles. The smallest absolute Gasteiger partial charge is 0.192 e. The Morgan fingerprint density at radius 3 is 2.63 bits per heavy atom. The lowest BCUT2D eigenvalue weighted by Crippen LogP contribution is -2.44. The number of hydrogen-bond acceptors (Lipinski definition) is 8. The molecule has 0 radical (unpaired) electrons. The van der Waals surface area contributed by atoms with E-state index in [4.69, 9.17) is 20.0 Å². The summed E-state index contributed by atoms with van der Waals surface area (Å²) in [5, 5.41) is 11.8. The van der Waals surface area contributed by atoms with Gasteiger partial charge in [0, 0.05) is 49.6 Å². The van der Waals surface area contributed by atoms with Gasteiger partial charge in [-0.2, -0.15) is 4.52 Å². The number of anilines is 4. The Balaban J connectivity index is 1.54. The van der Waals surface area contributed by atoms with Gasteiger partial charge in [-0.3, -0.25) is 0 Å². The Bertz CT molecular complexity index is 1270. The number of nitrogen functional groups attached to an aromatic ring is 1. The lowest BCUT2D eigenvalue weighted by molar-refractivity contribution is 0.122. The second kappa shape index (κ2) is 11.2. The van der Waals surface area contributed by atoms with E-state index in [1.807, 2.05) is 19.1 Å². The van der Waals surface area contributed by atoms with Crippen LogP contribution in [0.3, 0.4) is 0 Å². The molecule has 208 valence electrons. The Morgan fingerprint density at radius 2 is 1.95 bits per heavy atom. The van der Waals surface area contributed by atoms with Crippen LogP contribution in [0, 0.1) is 12.7 Å². The van der Waals surface area contributed by atoms with Crippen LogP contribution in [0.5, 0.6) is 0 Å². The van der Waals surface area contributed by atoms with Gasteiger partial charge in [-0.1, -0.05) is 26.8 Å². The van der Waals surface area contributed by atoms with Crippen molar-refractivity contribution in [3.05, 3.63) is 41.3 Å². The molecule has 1 aromatic carbocycles. The summed E-state index contributed by atoms with van der Waals surface area (Å²) in [5.74, 6) is 1.13. The van der Waals surface area contributed by atoms with E-state index in [1.54, 1.807) is 10.6 Å². The van der Waals surface area contributed by atoms with Gasteiger partial charge < -0.3 is 30.4 Å². The van der Waals surface area contributed by atoms with Gasteiger partial charge in [0.25, 0.3) is 0 Å². The minimum absolute atomic E-state index is 0.0617. The number of morpholine rings is 1. The van der Waals surface area contributed by atoms with Gasteiger partial charge in [-0.25, -0.2) is 9.37 Å². The van der Waals surface area contributed by atoms with E-state index in [-0.39, 0.29) is 16.9 Å². The number of hydrogen-bond donors (Lipinski definition) is 3. The van der Waals surface area contributed by atoms with E-state index in [1.165, 1.54) is 6.07 Å². The highest BCUT2D eigenvalue weighted by molar-refractivity contribution is 6.74. The first-order valence-electron chi connectivity index (χ1n) is 13.3. The molecule has 9 nitrogen and oxygen atoms in total. The highest BCUT2D eigenvalue weighted by Gasteiger charge is 2.37. The summed E-state index contributed by atoms with van der Waals surface area (Å²) in [6.45, 7) is 18.8. The Labute approximate surface area is 226 Å². The molecule has 4 N–H and O–H groups in total. The van der Waals surface area contributed by atoms with E-state index in [9.17, 15) is 0 Å². The predicted molar refractivity (Wildman–Crippen MR) is 154 cm³/mol. The third-order valence-electron chi connectivity index (χ3n) is 7.61. The number of imidazole rings is 1. The first-order valence-corrected chi connectivity index (χ1v) is 16.2. The monoisotopic (exact) mass is 543 g/mol. The van der Waals surface area contributed by atoms with Gasteiger partial charge >= 0.3 is 0 Å². The fraction of sp³-hybridized carbons (Fsp3) is 0.556. The predicted octanol–water partition coefficient (Wildman–Crippen LogP) is 4.84. The van der Waals surface area contributed by atoms with Crippen LogP contribution in [0.1, 0.15) is 39.0 Å². The highest BCUT2D eigenvalue weighted by Crippen LogP contribution is 2.36. The normalized spacial score (nSPS) is 15.7. The first kappa shape index (κ1) is 28.3. The Kier molecular flexibility index (Phi) is 8.31. The lowest BCUT2D eigenvalue weighted by atomic mass is 10.1. The molecular weight excluding hydrogens is 501 g/mol. The molecule has 3 aromatic rings. The van der Waals surface area contributed by atoms with E-state index in [0.29, 0.717) is 54.8 Å². The van der Waals surface area contributed by atoms with Crippen LogP contribution in [0.15, 0.2) is 24.3 Å². The Morgan fingerprint density at radius 1 is 1.24 bits per heavy atom. The molecule has 1 atom stereocenters. The number of ether oxygens (including phenoxy) is 1.